The highest BCUT2D eigenvalue weighted by Crippen LogP contribution is 2.06. The third-order valence-electron chi connectivity index (χ3n) is 1.74. The number of pyridine rings is 1. The van der Waals surface area contributed by atoms with Gasteiger partial charge in [0.1, 0.15) is 10.8 Å². The molecule has 4 nitrogen and oxygen atoms in total. The van der Waals surface area contributed by atoms with Gasteiger partial charge >= 0.3 is 0 Å². The number of rotatable bonds is 5. The molecular formula is C9H13N3OS2. The highest BCUT2D eigenvalue weighted by atomic mass is 32.2. The lowest BCUT2D eigenvalue weighted by molar-refractivity contribution is 0.687. The summed E-state index contributed by atoms with van der Waals surface area (Å²) >= 11 is 4.85. The lowest BCUT2D eigenvalue weighted by Gasteiger charge is -2.05. The van der Waals surface area contributed by atoms with Crippen molar-refractivity contribution in [2.24, 2.45) is 5.73 Å². The van der Waals surface area contributed by atoms with Gasteiger partial charge in [0.2, 0.25) is 0 Å². The van der Waals surface area contributed by atoms with E-state index in [0.29, 0.717) is 23.1 Å². The Kier molecular flexibility index (Phi) is 4.64. The minimum atomic E-state index is -0.794. The van der Waals surface area contributed by atoms with Crippen molar-refractivity contribution in [3.05, 3.63) is 23.9 Å². The number of thiocarbonyl (C=S) groups is 1. The van der Waals surface area contributed by atoms with E-state index in [9.17, 15) is 4.21 Å². The van der Waals surface area contributed by atoms with Gasteiger partial charge in [0.05, 0.1) is 0 Å². The van der Waals surface area contributed by atoms with E-state index in [2.05, 4.69) is 10.3 Å². The van der Waals surface area contributed by atoms with Crippen LogP contribution in [0.1, 0.15) is 5.56 Å². The van der Waals surface area contributed by atoms with Gasteiger partial charge in [-0.25, -0.2) is 4.98 Å². The van der Waals surface area contributed by atoms with E-state index in [1.54, 1.807) is 24.6 Å². The van der Waals surface area contributed by atoms with Crippen molar-refractivity contribution in [3.8, 4) is 0 Å². The first-order valence-electron chi connectivity index (χ1n) is 4.39. The second kappa shape index (κ2) is 5.77. The maximum atomic E-state index is 10.8. The van der Waals surface area contributed by atoms with E-state index >= 15 is 0 Å². The van der Waals surface area contributed by atoms with Gasteiger partial charge in [0, 0.05) is 41.1 Å². The van der Waals surface area contributed by atoms with E-state index in [-0.39, 0.29) is 0 Å². The molecule has 1 heterocycles. The van der Waals surface area contributed by atoms with Crippen molar-refractivity contribution in [2.45, 2.75) is 0 Å². The second-order valence-electron chi connectivity index (χ2n) is 3.00. The monoisotopic (exact) mass is 243 g/mol. The Hall–Kier alpha value is -1.01. The Balaban J connectivity index is 2.58. The molecule has 15 heavy (non-hydrogen) atoms. The zero-order chi connectivity index (χ0) is 11.3. The molecule has 1 rings (SSSR count). The third kappa shape index (κ3) is 4.35. The minimum Gasteiger partial charge on any atom is -0.389 e. The summed E-state index contributed by atoms with van der Waals surface area (Å²) in [4.78, 5) is 4.44. The summed E-state index contributed by atoms with van der Waals surface area (Å²) < 4.78 is 10.8. The van der Waals surface area contributed by atoms with Gasteiger partial charge in [-0.15, -0.1) is 0 Å². The zero-order valence-electron chi connectivity index (χ0n) is 8.40. The Morgan fingerprint density at radius 2 is 2.47 bits per heavy atom. The van der Waals surface area contributed by atoms with Crippen LogP contribution in [-0.4, -0.2) is 32.7 Å². The fourth-order valence-electron chi connectivity index (χ4n) is 1.00. The van der Waals surface area contributed by atoms with Crippen molar-refractivity contribution in [3.63, 3.8) is 0 Å². The minimum absolute atomic E-state index is 0.347. The van der Waals surface area contributed by atoms with E-state index in [1.807, 2.05) is 0 Å². The summed E-state index contributed by atoms with van der Waals surface area (Å²) in [5.41, 5.74) is 6.26. The van der Waals surface area contributed by atoms with Crippen LogP contribution >= 0.6 is 12.2 Å². The van der Waals surface area contributed by atoms with Crippen LogP contribution in [0.3, 0.4) is 0 Å². The summed E-state index contributed by atoms with van der Waals surface area (Å²) in [6.45, 7) is 0.622. The second-order valence-corrected chi connectivity index (χ2v) is 4.99. The summed E-state index contributed by atoms with van der Waals surface area (Å²) in [6, 6.07) is 3.53. The van der Waals surface area contributed by atoms with Crippen molar-refractivity contribution in [2.75, 3.05) is 23.9 Å². The number of nitrogens with two attached hydrogens (primary N) is 1. The molecule has 0 amide bonds. The van der Waals surface area contributed by atoms with E-state index < -0.39 is 10.8 Å². The normalized spacial score (nSPS) is 12.1. The highest BCUT2D eigenvalue weighted by Gasteiger charge is 1.99. The lowest BCUT2D eigenvalue weighted by atomic mass is 10.2. The maximum absolute atomic E-state index is 10.8. The molecule has 1 unspecified atom stereocenters. The molecule has 0 fully saturated rings. The van der Waals surface area contributed by atoms with Gasteiger partial charge < -0.3 is 11.1 Å². The van der Waals surface area contributed by atoms with Gasteiger partial charge in [0.25, 0.3) is 0 Å². The van der Waals surface area contributed by atoms with Crippen molar-refractivity contribution in [1.82, 2.24) is 4.98 Å². The molecule has 0 aliphatic heterocycles. The predicted octanol–water partition coefficient (Wildman–Crippen LogP) is 0.506. The summed E-state index contributed by atoms with van der Waals surface area (Å²) in [6.07, 6.45) is 3.31. The Morgan fingerprint density at radius 1 is 1.73 bits per heavy atom. The molecule has 0 saturated heterocycles. The van der Waals surface area contributed by atoms with Crippen molar-refractivity contribution < 1.29 is 4.21 Å². The van der Waals surface area contributed by atoms with Crippen LogP contribution in [0.15, 0.2) is 18.3 Å². The molecule has 0 bridgehead atoms. The van der Waals surface area contributed by atoms with Crippen LogP contribution < -0.4 is 11.1 Å². The first-order chi connectivity index (χ1) is 7.09. The topological polar surface area (TPSA) is 68.0 Å². The lowest BCUT2D eigenvalue weighted by Crippen LogP contribution is -2.13. The first-order valence-corrected chi connectivity index (χ1v) is 6.53. The summed E-state index contributed by atoms with van der Waals surface area (Å²) in [5, 5.41) is 3.05. The summed E-state index contributed by atoms with van der Waals surface area (Å²) in [5.74, 6) is 1.30. The standard InChI is InChI=1S/C9H13N3OS2/c1-15(13)5-4-12-8-6-7(9(10)14)2-3-11-8/h2-3,6H,4-5H2,1H3,(H2,10,14)(H,11,12). The molecule has 3 N–H and O–H groups in total. The van der Waals surface area contributed by atoms with Crippen LogP contribution in [0.2, 0.25) is 0 Å². The van der Waals surface area contributed by atoms with Gasteiger partial charge in [-0.1, -0.05) is 12.2 Å². The SMILES string of the molecule is CS(=O)CCNc1cc(C(N)=S)ccn1. The largest absolute Gasteiger partial charge is 0.389 e. The van der Waals surface area contributed by atoms with Crippen LogP contribution in [0, 0.1) is 0 Å². The fourth-order valence-corrected chi connectivity index (χ4v) is 1.52. The Morgan fingerprint density at radius 3 is 3.07 bits per heavy atom. The third-order valence-corrected chi connectivity index (χ3v) is 2.75. The maximum Gasteiger partial charge on any atom is 0.126 e. The molecule has 0 aliphatic rings. The smallest absolute Gasteiger partial charge is 0.126 e. The van der Waals surface area contributed by atoms with Crippen LogP contribution in [0.4, 0.5) is 5.82 Å². The number of nitrogens with one attached hydrogen (secondary N) is 1. The Bertz CT molecular complexity index is 381. The average Bonchev–Trinajstić information content (AvgIpc) is 2.17. The predicted molar refractivity (Wildman–Crippen MR) is 67.5 cm³/mol. The molecule has 0 aliphatic carbocycles. The van der Waals surface area contributed by atoms with Gasteiger partial charge in [-0.2, -0.15) is 0 Å². The molecule has 1 aromatic rings. The van der Waals surface area contributed by atoms with E-state index in [1.165, 1.54) is 0 Å². The summed E-state index contributed by atoms with van der Waals surface area (Å²) in [7, 11) is -0.794. The Labute approximate surface area is 96.7 Å². The average molecular weight is 243 g/mol. The van der Waals surface area contributed by atoms with Crippen molar-refractivity contribution >= 4 is 33.8 Å². The molecule has 82 valence electrons. The van der Waals surface area contributed by atoms with Gasteiger partial charge in [0.15, 0.2) is 0 Å². The highest BCUT2D eigenvalue weighted by molar-refractivity contribution is 7.84. The quantitative estimate of drug-likeness (QED) is 0.737. The van der Waals surface area contributed by atoms with Crippen LogP contribution in [0.5, 0.6) is 0 Å². The molecule has 1 aromatic heterocycles. The van der Waals surface area contributed by atoms with Gasteiger partial charge in [-0.05, 0) is 12.1 Å². The molecule has 6 heteroatoms. The fraction of sp³-hybridized carbons (Fsp3) is 0.333. The molecule has 0 spiro atoms. The molecular weight excluding hydrogens is 230 g/mol. The number of aromatic nitrogens is 1. The van der Waals surface area contributed by atoms with Crippen molar-refractivity contribution in [1.29, 1.82) is 0 Å². The molecule has 1 atom stereocenters. The van der Waals surface area contributed by atoms with Crippen LogP contribution in [-0.2, 0) is 10.8 Å². The molecule has 0 saturated carbocycles. The van der Waals surface area contributed by atoms with Crippen LogP contribution in [0.25, 0.3) is 0 Å². The first kappa shape index (κ1) is 12.1. The zero-order valence-corrected chi connectivity index (χ0v) is 10.0. The van der Waals surface area contributed by atoms with Gasteiger partial charge in [-0.3, -0.25) is 4.21 Å². The van der Waals surface area contributed by atoms with E-state index in [4.69, 9.17) is 18.0 Å². The van der Waals surface area contributed by atoms with E-state index in [0.717, 1.165) is 5.56 Å². The number of nitrogens with zero attached hydrogens (tertiary/aromatic N) is 1. The number of hydrogen-bond acceptors (Lipinski definition) is 4. The molecule has 0 radical (unpaired) electrons. The molecule has 0 aromatic carbocycles. The number of hydrogen-bond donors (Lipinski definition) is 2. The number of anilines is 1.